The van der Waals surface area contributed by atoms with Crippen molar-refractivity contribution in [1.29, 1.82) is 0 Å². The van der Waals surface area contributed by atoms with Crippen molar-refractivity contribution in [3.05, 3.63) is 47.0 Å². The van der Waals surface area contributed by atoms with Crippen LogP contribution in [0.4, 0.5) is 4.39 Å². The summed E-state index contributed by atoms with van der Waals surface area (Å²) in [7, 11) is -3.75. The molecule has 27 heavy (non-hydrogen) atoms. The third-order valence-corrected chi connectivity index (χ3v) is 6.79. The third-order valence-electron chi connectivity index (χ3n) is 4.89. The third kappa shape index (κ3) is 4.19. The second kappa shape index (κ2) is 7.77. The van der Waals surface area contributed by atoms with Crippen LogP contribution in [0.15, 0.2) is 29.2 Å². The van der Waals surface area contributed by atoms with E-state index in [4.69, 9.17) is 0 Å². The van der Waals surface area contributed by atoms with Crippen molar-refractivity contribution in [2.75, 3.05) is 26.2 Å². The van der Waals surface area contributed by atoms with Gasteiger partial charge in [-0.3, -0.25) is 9.89 Å². The Balaban J connectivity index is 1.57. The van der Waals surface area contributed by atoms with Gasteiger partial charge in [0.25, 0.3) is 0 Å². The summed E-state index contributed by atoms with van der Waals surface area (Å²) in [6.45, 7) is 4.89. The minimum absolute atomic E-state index is 0.00203. The van der Waals surface area contributed by atoms with E-state index in [0.717, 1.165) is 23.0 Å². The lowest BCUT2D eigenvalue weighted by atomic mass is 10.1. The van der Waals surface area contributed by atoms with E-state index in [9.17, 15) is 17.6 Å². The molecule has 1 aliphatic heterocycles. The largest absolute Gasteiger partial charge is 0.340 e. The number of H-pyrrole nitrogens is 1. The molecular weight excluding hydrogens is 371 g/mol. The van der Waals surface area contributed by atoms with Crippen LogP contribution in [0.3, 0.4) is 0 Å². The van der Waals surface area contributed by atoms with Gasteiger partial charge < -0.3 is 4.90 Å². The average Bonchev–Trinajstić information content (AvgIpc) is 2.97. The first-order valence-corrected chi connectivity index (χ1v) is 10.3. The van der Waals surface area contributed by atoms with Gasteiger partial charge in [-0.25, -0.2) is 12.8 Å². The molecule has 146 valence electrons. The highest BCUT2D eigenvalue weighted by molar-refractivity contribution is 7.89. The lowest BCUT2D eigenvalue weighted by Crippen LogP contribution is -2.50. The zero-order valence-corrected chi connectivity index (χ0v) is 16.2. The summed E-state index contributed by atoms with van der Waals surface area (Å²) in [6, 6.07) is 4.98. The summed E-state index contributed by atoms with van der Waals surface area (Å²) < 4.78 is 39.9. The van der Waals surface area contributed by atoms with Crippen LogP contribution in [0.25, 0.3) is 0 Å². The van der Waals surface area contributed by atoms with Crippen molar-refractivity contribution < 1.29 is 17.6 Å². The Bertz CT molecular complexity index is 914. The monoisotopic (exact) mass is 394 g/mol. The molecule has 0 atom stereocenters. The van der Waals surface area contributed by atoms with Crippen molar-refractivity contribution in [1.82, 2.24) is 19.4 Å². The molecule has 0 bridgehead atoms. The SMILES string of the molecule is Cc1n[nH]c(C)c1CCC(=O)N1CCN(S(=O)(=O)c2cccc(F)c2)CC1. The zero-order chi connectivity index (χ0) is 19.6. The smallest absolute Gasteiger partial charge is 0.243 e. The van der Waals surface area contributed by atoms with E-state index in [1.54, 1.807) is 4.90 Å². The van der Waals surface area contributed by atoms with Crippen LogP contribution in [0.1, 0.15) is 23.4 Å². The highest BCUT2D eigenvalue weighted by Crippen LogP contribution is 2.19. The number of nitrogens with one attached hydrogen (secondary N) is 1. The van der Waals surface area contributed by atoms with Gasteiger partial charge in [-0.2, -0.15) is 9.40 Å². The number of rotatable bonds is 5. The number of aryl methyl sites for hydroxylation is 2. The maximum Gasteiger partial charge on any atom is 0.243 e. The molecule has 1 aromatic heterocycles. The molecule has 1 aliphatic rings. The molecule has 1 amide bonds. The van der Waals surface area contributed by atoms with Crippen molar-refractivity contribution >= 4 is 15.9 Å². The molecule has 2 aromatic rings. The van der Waals surface area contributed by atoms with Gasteiger partial charge in [-0.05, 0) is 44.0 Å². The maximum absolute atomic E-state index is 13.3. The zero-order valence-electron chi connectivity index (χ0n) is 15.4. The molecule has 7 nitrogen and oxygen atoms in total. The second-order valence-corrected chi connectivity index (χ2v) is 8.59. The predicted octanol–water partition coefficient (Wildman–Crippen LogP) is 1.63. The molecule has 1 N–H and O–H groups in total. The van der Waals surface area contributed by atoms with Gasteiger partial charge >= 0.3 is 0 Å². The van der Waals surface area contributed by atoms with Crippen LogP contribution in [0.5, 0.6) is 0 Å². The topological polar surface area (TPSA) is 86.4 Å². The normalized spacial score (nSPS) is 15.9. The summed E-state index contributed by atoms with van der Waals surface area (Å²) in [4.78, 5) is 14.1. The van der Waals surface area contributed by atoms with Gasteiger partial charge in [-0.15, -0.1) is 0 Å². The quantitative estimate of drug-likeness (QED) is 0.835. The molecule has 9 heteroatoms. The number of aromatic amines is 1. The molecule has 2 heterocycles. The molecule has 0 aliphatic carbocycles. The molecule has 0 radical (unpaired) electrons. The summed E-state index contributed by atoms with van der Waals surface area (Å²) in [5.74, 6) is -0.590. The minimum atomic E-state index is -3.75. The first-order valence-electron chi connectivity index (χ1n) is 8.83. The second-order valence-electron chi connectivity index (χ2n) is 6.65. The fourth-order valence-electron chi connectivity index (χ4n) is 3.29. The standard InChI is InChI=1S/C18H23FN4O3S/c1-13-17(14(2)21-20-13)6-7-18(24)22-8-10-23(11-9-22)27(25,26)16-5-3-4-15(19)12-16/h3-5,12H,6-11H2,1-2H3,(H,20,21). The fraction of sp³-hybridized carbons (Fsp3) is 0.444. The number of piperazine rings is 1. The number of aromatic nitrogens is 2. The molecule has 0 unspecified atom stereocenters. The van der Waals surface area contributed by atoms with Crippen LogP contribution < -0.4 is 0 Å². The maximum atomic E-state index is 13.3. The predicted molar refractivity (Wildman–Crippen MR) is 98.1 cm³/mol. The van der Waals surface area contributed by atoms with Gasteiger partial charge in [0.1, 0.15) is 5.82 Å². The number of hydrogen-bond donors (Lipinski definition) is 1. The van der Waals surface area contributed by atoms with E-state index in [1.165, 1.54) is 22.5 Å². The molecule has 1 aromatic carbocycles. The number of nitrogens with zero attached hydrogens (tertiary/aromatic N) is 3. The molecule has 0 spiro atoms. The molecular formula is C18H23FN4O3S. The molecule has 0 saturated carbocycles. The van der Waals surface area contributed by atoms with E-state index < -0.39 is 15.8 Å². The van der Waals surface area contributed by atoms with Crippen molar-refractivity contribution in [3.8, 4) is 0 Å². The number of hydrogen-bond acceptors (Lipinski definition) is 4. The summed E-state index contributed by atoms with van der Waals surface area (Å²) in [5, 5.41) is 7.04. The van der Waals surface area contributed by atoms with E-state index in [2.05, 4.69) is 10.2 Å². The number of carbonyl (C=O) groups is 1. The Hall–Kier alpha value is -2.26. The van der Waals surface area contributed by atoms with Gasteiger partial charge in [0, 0.05) is 38.3 Å². The van der Waals surface area contributed by atoms with Crippen LogP contribution >= 0.6 is 0 Å². The molecule has 3 rings (SSSR count). The van der Waals surface area contributed by atoms with Crippen LogP contribution in [0, 0.1) is 19.7 Å². The minimum Gasteiger partial charge on any atom is -0.340 e. The van der Waals surface area contributed by atoms with Crippen LogP contribution in [0.2, 0.25) is 0 Å². The number of carbonyl (C=O) groups excluding carboxylic acids is 1. The number of sulfonamides is 1. The Morgan fingerprint density at radius 3 is 2.52 bits per heavy atom. The molecule has 1 fully saturated rings. The van der Waals surface area contributed by atoms with Crippen molar-refractivity contribution in [2.24, 2.45) is 0 Å². The van der Waals surface area contributed by atoms with Gasteiger partial charge in [-0.1, -0.05) is 6.07 Å². The van der Waals surface area contributed by atoms with Gasteiger partial charge in [0.2, 0.25) is 15.9 Å². The highest BCUT2D eigenvalue weighted by Gasteiger charge is 2.30. The number of amides is 1. The Morgan fingerprint density at radius 2 is 1.93 bits per heavy atom. The van der Waals surface area contributed by atoms with E-state index >= 15 is 0 Å². The summed E-state index contributed by atoms with van der Waals surface area (Å²) >= 11 is 0. The summed E-state index contributed by atoms with van der Waals surface area (Å²) in [5.41, 5.74) is 2.91. The first kappa shape index (κ1) is 19.5. The highest BCUT2D eigenvalue weighted by atomic mass is 32.2. The Kier molecular flexibility index (Phi) is 5.61. The summed E-state index contributed by atoms with van der Waals surface area (Å²) in [6.07, 6.45) is 0.965. The molecule has 1 saturated heterocycles. The van der Waals surface area contributed by atoms with E-state index in [1.807, 2.05) is 13.8 Å². The fourth-order valence-corrected chi connectivity index (χ4v) is 4.74. The van der Waals surface area contributed by atoms with E-state index in [0.29, 0.717) is 25.9 Å². The van der Waals surface area contributed by atoms with E-state index in [-0.39, 0.29) is 23.9 Å². The van der Waals surface area contributed by atoms with Crippen LogP contribution in [-0.4, -0.2) is 59.9 Å². The van der Waals surface area contributed by atoms with Crippen molar-refractivity contribution in [2.45, 2.75) is 31.6 Å². The first-order chi connectivity index (χ1) is 12.8. The average molecular weight is 394 g/mol. The lowest BCUT2D eigenvalue weighted by Gasteiger charge is -2.34. The van der Waals surface area contributed by atoms with Crippen molar-refractivity contribution in [3.63, 3.8) is 0 Å². The Morgan fingerprint density at radius 1 is 1.22 bits per heavy atom. The van der Waals surface area contributed by atoms with Gasteiger partial charge in [0.15, 0.2) is 0 Å². The number of benzene rings is 1. The number of halogens is 1. The van der Waals surface area contributed by atoms with Gasteiger partial charge in [0.05, 0.1) is 10.6 Å². The lowest BCUT2D eigenvalue weighted by molar-refractivity contribution is -0.132. The van der Waals surface area contributed by atoms with Crippen LogP contribution in [-0.2, 0) is 21.2 Å². The Labute approximate surface area is 158 Å².